The maximum absolute atomic E-state index is 6.16. The van der Waals surface area contributed by atoms with E-state index in [0.29, 0.717) is 0 Å². The minimum atomic E-state index is 0.762. The first-order valence-electron chi connectivity index (χ1n) is 5.07. The lowest BCUT2D eigenvalue weighted by molar-refractivity contribution is 1.14. The minimum Gasteiger partial charge on any atom is -0.0836 e. The molecular weight excluding hydrogens is 204 g/mol. The predicted molar refractivity (Wildman–Crippen MR) is 65.1 cm³/mol. The first-order valence-corrected chi connectivity index (χ1v) is 5.45. The molecule has 0 amide bonds. The summed E-state index contributed by atoms with van der Waals surface area (Å²) in [4.78, 5) is 0. The normalized spacial score (nSPS) is 10.3. The Balaban J connectivity index is 2.52. The fourth-order valence-electron chi connectivity index (χ4n) is 1.54. The van der Waals surface area contributed by atoms with Gasteiger partial charge in [-0.15, -0.1) is 0 Å². The third-order valence-corrected chi connectivity index (χ3v) is 2.71. The topological polar surface area (TPSA) is 0 Å². The van der Waals surface area contributed by atoms with E-state index in [-0.39, 0.29) is 0 Å². The zero-order valence-electron chi connectivity index (χ0n) is 8.63. The Morgan fingerprint density at radius 3 is 2.47 bits per heavy atom. The summed E-state index contributed by atoms with van der Waals surface area (Å²) in [6, 6.07) is 17.4. The lowest BCUT2D eigenvalue weighted by Gasteiger charge is -2.05. The molecule has 0 heterocycles. The van der Waals surface area contributed by atoms with Crippen molar-refractivity contribution in [1.82, 2.24) is 0 Å². The molecule has 2 aromatic rings. The lowest BCUT2D eigenvalue weighted by Crippen LogP contribution is -1.85. The molecule has 0 aliphatic carbocycles. The molecule has 0 aromatic heterocycles. The third-order valence-electron chi connectivity index (χ3n) is 2.40. The Labute approximate surface area is 95.5 Å². The Hall–Kier alpha value is -1.27. The van der Waals surface area contributed by atoms with Crippen molar-refractivity contribution in [1.29, 1.82) is 0 Å². The van der Waals surface area contributed by atoms with Crippen LogP contribution in [0.3, 0.4) is 0 Å². The molecule has 1 radical (unpaired) electrons. The number of aryl methyl sites for hydroxylation is 1. The van der Waals surface area contributed by atoms with Crippen LogP contribution < -0.4 is 0 Å². The van der Waals surface area contributed by atoms with Gasteiger partial charge >= 0.3 is 0 Å². The van der Waals surface area contributed by atoms with Gasteiger partial charge in [-0.1, -0.05) is 54.9 Å². The Kier molecular flexibility index (Phi) is 3.08. The SMILES string of the molecule is CCc1[c]c(-c2ccccc2)c(Cl)cc1. The Bertz CT molecular complexity index is 446. The van der Waals surface area contributed by atoms with Crippen molar-refractivity contribution < 1.29 is 0 Å². The standard InChI is InChI=1S/C14H12Cl/c1-2-11-8-9-14(15)13(10-11)12-6-4-3-5-7-12/h3-9H,2H2,1H3. The molecule has 0 bridgehead atoms. The molecule has 0 nitrogen and oxygen atoms in total. The third kappa shape index (κ3) is 2.21. The molecule has 0 fully saturated rings. The van der Waals surface area contributed by atoms with Gasteiger partial charge in [0.1, 0.15) is 0 Å². The van der Waals surface area contributed by atoms with Crippen molar-refractivity contribution in [3.8, 4) is 11.1 Å². The maximum Gasteiger partial charge on any atom is 0.0490 e. The zero-order valence-corrected chi connectivity index (χ0v) is 9.38. The molecule has 0 aliphatic rings. The summed E-state index contributed by atoms with van der Waals surface area (Å²) >= 11 is 6.16. The molecule has 0 spiro atoms. The van der Waals surface area contributed by atoms with Crippen LogP contribution in [0.5, 0.6) is 0 Å². The van der Waals surface area contributed by atoms with Gasteiger partial charge in [-0.2, -0.15) is 0 Å². The first kappa shape index (κ1) is 10.3. The van der Waals surface area contributed by atoms with Crippen molar-refractivity contribution in [2.24, 2.45) is 0 Å². The van der Waals surface area contributed by atoms with Crippen molar-refractivity contribution in [2.75, 3.05) is 0 Å². The molecule has 1 heteroatoms. The van der Waals surface area contributed by atoms with Gasteiger partial charge in [-0.25, -0.2) is 0 Å². The second kappa shape index (κ2) is 4.50. The van der Waals surface area contributed by atoms with Crippen LogP contribution in [0.2, 0.25) is 5.02 Å². The fraction of sp³-hybridized carbons (Fsp3) is 0.143. The summed E-state index contributed by atoms with van der Waals surface area (Å²) in [6.45, 7) is 2.12. The van der Waals surface area contributed by atoms with Crippen molar-refractivity contribution in [3.05, 3.63) is 59.1 Å². The van der Waals surface area contributed by atoms with Gasteiger partial charge in [0.05, 0.1) is 0 Å². The summed E-state index contributed by atoms with van der Waals surface area (Å²) in [5, 5.41) is 0.762. The van der Waals surface area contributed by atoms with E-state index in [0.717, 1.165) is 22.6 Å². The van der Waals surface area contributed by atoms with E-state index in [2.05, 4.69) is 25.1 Å². The van der Waals surface area contributed by atoms with Crippen molar-refractivity contribution in [3.63, 3.8) is 0 Å². The monoisotopic (exact) mass is 215 g/mol. The first-order chi connectivity index (χ1) is 7.31. The van der Waals surface area contributed by atoms with E-state index in [9.17, 15) is 0 Å². The van der Waals surface area contributed by atoms with Gasteiger partial charge in [0.15, 0.2) is 0 Å². The number of benzene rings is 2. The summed E-state index contributed by atoms with van der Waals surface area (Å²) < 4.78 is 0. The Morgan fingerprint density at radius 2 is 1.80 bits per heavy atom. The van der Waals surface area contributed by atoms with E-state index < -0.39 is 0 Å². The van der Waals surface area contributed by atoms with Gasteiger partial charge < -0.3 is 0 Å². The second-order valence-corrected chi connectivity index (χ2v) is 3.83. The highest BCUT2D eigenvalue weighted by Gasteiger charge is 2.03. The number of rotatable bonds is 2. The van der Waals surface area contributed by atoms with Crippen LogP contribution >= 0.6 is 11.6 Å². The largest absolute Gasteiger partial charge is 0.0836 e. The zero-order chi connectivity index (χ0) is 10.7. The van der Waals surface area contributed by atoms with Gasteiger partial charge in [0, 0.05) is 10.6 Å². The highest BCUT2D eigenvalue weighted by Crippen LogP contribution is 2.28. The van der Waals surface area contributed by atoms with Crippen LogP contribution in [0.25, 0.3) is 11.1 Å². The number of halogens is 1. The molecule has 0 N–H and O–H groups in total. The van der Waals surface area contributed by atoms with Gasteiger partial charge in [0.25, 0.3) is 0 Å². The molecule has 15 heavy (non-hydrogen) atoms. The quantitative estimate of drug-likeness (QED) is 0.698. The van der Waals surface area contributed by atoms with Crippen LogP contribution in [0.1, 0.15) is 12.5 Å². The molecule has 0 atom stereocenters. The fourth-order valence-corrected chi connectivity index (χ4v) is 1.76. The van der Waals surface area contributed by atoms with Crippen LogP contribution in [0.4, 0.5) is 0 Å². The highest BCUT2D eigenvalue weighted by atomic mass is 35.5. The van der Waals surface area contributed by atoms with Crippen LogP contribution in [-0.4, -0.2) is 0 Å². The molecule has 2 rings (SSSR count). The molecule has 2 aromatic carbocycles. The van der Waals surface area contributed by atoms with E-state index in [1.165, 1.54) is 5.56 Å². The van der Waals surface area contributed by atoms with E-state index >= 15 is 0 Å². The summed E-state index contributed by atoms with van der Waals surface area (Å²) in [5.41, 5.74) is 3.31. The number of hydrogen-bond donors (Lipinski definition) is 0. The maximum atomic E-state index is 6.16. The van der Waals surface area contributed by atoms with E-state index in [1.807, 2.05) is 30.3 Å². The average Bonchev–Trinajstić information content (AvgIpc) is 2.31. The second-order valence-electron chi connectivity index (χ2n) is 3.43. The molecule has 75 valence electrons. The molecule has 0 saturated carbocycles. The van der Waals surface area contributed by atoms with Crippen molar-refractivity contribution in [2.45, 2.75) is 13.3 Å². The average molecular weight is 216 g/mol. The predicted octanol–water partition coefficient (Wildman–Crippen LogP) is 4.37. The van der Waals surface area contributed by atoms with Crippen LogP contribution in [0.15, 0.2) is 42.5 Å². The van der Waals surface area contributed by atoms with Gasteiger partial charge in [-0.3, -0.25) is 0 Å². The molecule has 0 saturated heterocycles. The lowest BCUT2D eigenvalue weighted by atomic mass is 10.0. The van der Waals surface area contributed by atoms with Crippen LogP contribution in [0, 0.1) is 6.07 Å². The van der Waals surface area contributed by atoms with Crippen molar-refractivity contribution >= 4 is 11.6 Å². The van der Waals surface area contributed by atoms with Gasteiger partial charge in [-0.05, 0) is 29.7 Å². The summed E-state index contributed by atoms with van der Waals surface area (Å²) in [6.07, 6.45) is 0.983. The van der Waals surface area contributed by atoms with Gasteiger partial charge in [0.2, 0.25) is 0 Å². The number of hydrogen-bond acceptors (Lipinski definition) is 0. The van der Waals surface area contributed by atoms with Crippen LogP contribution in [-0.2, 0) is 6.42 Å². The summed E-state index contributed by atoms with van der Waals surface area (Å²) in [5.74, 6) is 0. The van der Waals surface area contributed by atoms with E-state index in [4.69, 9.17) is 11.6 Å². The minimum absolute atomic E-state index is 0.762. The molecule has 0 aliphatic heterocycles. The Morgan fingerprint density at radius 1 is 1.07 bits per heavy atom. The molecular formula is C14H12Cl. The smallest absolute Gasteiger partial charge is 0.0490 e. The van der Waals surface area contributed by atoms with E-state index in [1.54, 1.807) is 0 Å². The highest BCUT2D eigenvalue weighted by molar-refractivity contribution is 6.33. The molecule has 0 unspecified atom stereocenters. The summed E-state index contributed by atoms with van der Waals surface area (Å²) in [7, 11) is 0.